The highest BCUT2D eigenvalue weighted by atomic mass is 32.1. The second-order valence-corrected chi connectivity index (χ2v) is 7.40. The molecule has 1 atom stereocenters. The highest BCUT2D eigenvalue weighted by molar-refractivity contribution is 7.15. The van der Waals surface area contributed by atoms with Crippen LogP contribution >= 0.6 is 11.3 Å². The summed E-state index contributed by atoms with van der Waals surface area (Å²) in [5, 5.41) is 12.3. The molecule has 2 aromatic rings. The van der Waals surface area contributed by atoms with Crippen LogP contribution in [0.5, 0.6) is 0 Å². The highest BCUT2D eigenvalue weighted by Crippen LogP contribution is 2.24. The Labute approximate surface area is 144 Å². The van der Waals surface area contributed by atoms with Crippen molar-refractivity contribution >= 4 is 28.3 Å². The maximum atomic E-state index is 12.4. The van der Waals surface area contributed by atoms with Gasteiger partial charge in [0.25, 0.3) is 0 Å². The van der Waals surface area contributed by atoms with Crippen LogP contribution in [0, 0.1) is 11.8 Å². The topological polar surface area (TPSA) is 88.3 Å². The molecule has 0 bridgehead atoms. The molecule has 1 fully saturated rings. The van der Waals surface area contributed by atoms with E-state index in [1.807, 2.05) is 6.07 Å². The van der Waals surface area contributed by atoms with E-state index in [2.05, 4.69) is 29.4 Å². The molecule has 2 amide bonds. The van der Waals surface area contributed by atoms with E-state index in [9.17, 15) is 9.59 Å². The van der Waals surface area contributed by atoms with Crippen molar-refractivity contribution in [1.29, 1.82) is 0 Å². The van der Waals surface area contributed by atoms with Crippen molar-refractivity contribution < 1.29 is 14.0 Å². The first-order valence-corrected chi connectivity index (χ1v) is 8.76. The maximum Gasteiger partial charge on any atom is 0.231 e. The fraction of sp³-hybridized carbons (Fsp3) is 0.500. The minimum absolute atomic E-state index is 0.0377. The van der Waals surface area contributed by atoms with Crippen molar-refractivity contribution in [2.45, 2.75) is 33.2 Å². The highest BCUT2D eigenvalue weighted by Gasteiger charge is 2.35. The third kappa shape index (κ3) is 4.00. The molecule has 0 aliphatic carbocycles. The number of furan rings is 1. The maximum absolute atomic E-state index is 12.4. The standard InChI is InChI=1S/C16H20N4O3S/c1-10(2)6-13-18-19-16(24-13)17-15(22)11-7-14(21)20(8-11)9-12-4-3-5-23-12/h3-5,10-11H,6-9H2,1-2H3,(H,17,19,22)/t11-/m1/s1. The van der Waals surface area contributed by atoms with Gasteiger partial charge < -0.3 is 14.6 Å². The van der Waals surface area contributed by atoms with Gasteiger partial charge in [0.1, 0.15) is 10.8 Å². The summed E-state index contributed by atoms with van der Waals surface area (Å²) in [6.07, 6.45) is 2.63. The Hall–Kier alpha value is -2.22. The molecule has 1 saturated heterocycles. The minimum Gasteiger partial charge on any atom is -0.467 e. The molecule has 0 unspecified atom stereocenters. The molecule has 1 aliphatic heterocycles. The van der Waals surface area contributed by atoms with E-state index < -0.39 is 0 Å². The van der Waals surface area contributed by atoms with Crippen LogP contribution in [-0.4, -0.2) is 33.5 Å². The molecule has 1 aliphatic rings. The Bertz CT molecular complexity index is 711. The average Bonchev–Trinajstić information content (AvgIpc) is 3.23. The lowest BCUT2D eigenvalue weighted by Crippen LogP contribution is -2.27. The quantitative estimate of drug-likeness (QED) is 0.865. The van der Waals surface area contributed by atoms with E-state index in [0.29, 0.717) is 29.9 Å². The van der Waals surface area contributed by atoms with E-state index in [0.717, 1.165) is 11.4 Å². The van der Waals surface area contributed by atoms with Crippen LogP contribution in [0.1, 0.15) is 31.0 Å². The number of nitrogens with zero attached hydrogens (tertiary/aromatic N) is 3. The second-order valence-electron chi connectivity index (χ2n) is 6.34. The second kappa shape index (κ2) is 7.12. The molecule has 8 heteroatoms. The Balaban J connectivity index is 1.55. The third-order valence-corrected chi connectivity index (χ3v) is 4.65. The predicted molar refractivity (Wildman–Crippen MR) is 89.3 cm³/mol. The number of hydrogen-bond donors (Lipinski definition) is 1. The van der Waals surface area contributed by atoms with Gasteiger partial charge >= 0.3 is 0 Å². The van der Waals surface area contributed by atoms with Crippen molar-refractivity contribution in [1.82, 2.24) is 15.1 Å². The van der Waals surface area contributed by atoms with Gasteiger partial charge in [-0.25, -0.2) is 0 Å². The first-order chi connectivity index (χ1) is 11.5. The van der Waals surface area contributed by atoms with Crippen LogP contribution in [-0.2, 0) is 22.6 Å². The van der Waals surface area contributed by atoms with Crippen LogP contribution in [0.15, 0.2) is 22.8 Å². The fourth-order valence-electron chi connectivity index (χ4n) is 2.63. The molecule has 3 rings (SSSR count). The molecule has 3 heterocycles. The summed E-state index contributed by atoms with van der Waals surface area (Å²) in [5.41, 5.74) is 0. The molecule has 1 N–H and O–H groups in total. The first kappa shape index (κ1) is 16.6. The molecule has 0 radical (unpaired) electrons. The lowest BCUT2D eigenvalue weighted by atomic mass is 10.1. The molecule has 2 aromatic heterocycles. The molecule has 7 nitrogen and oxygen atoms in total. The third-order valence-electron chi connectivity index (χ3n) is 3.79. The van der Waals surface area contributed by atoms with Gasteiger partial charge in [0.2, 0.25) is 16.9 Å². The van der Waals surface area contributed by atoms with Gasteiger partial charge in [-0.05, 0) is 18.1 Å². The van der Waals surface area contributed by atoms with Crippen LogP contribution in [0.25, 0.3) is 0 Å². The van der Waals surface area contributed by atoms with Gasteiger partial charge in [-0.2, -0.15) is 0 Å². The smallest absolute Gasteiger partial charge is 0.231 e. The van der Waals surface area contributed by atoms with Gasteiger partial charge in [0.05, 0.1) is 18.7 Å². The predicted octanol–water partition coefficient (Wildman–Crippen LogP) is 2.32. The number of aromatic nitrogens is 2. The van der Waals surface area contributed by atoms with Crippen LogP contribution in [0.4, 0.5) is 5.13 Å². The number of rotatable bonds is 6. The zero-order valence-corrected chi connectivity index (χ0v) is 14.5. The Kier molecular flexibility index (Phi) is 4.94. The van der Waals surface area contributed by atoms with Crippen molar-refractivity contribution in [3.8, 4) is 0 Å². The normalized spacial score (nSPS) is 17.7. The molecule has 128 valence electrons. The number of nitrogens with one attached hydrogen (secondary N) is 1. The summed E-state index contributed by atoms with van der Waals surface area (Å²) < 4.78 is 5.26. The number of carbonyl (C=O) groups excluding carboxylic acids is 2. The zero-order chi connectivity index (χ0) is 17.1. The van der Waals surface area contributed by atoms with Crippen molar-refractivity contribution in [2.75, 3.05) is 11.9 Å². The number of hydrogen-bond acceptors (Lipinski definition) is 6. The average molecular weight is 348 g/mol. The van der Waals surface area contributed by atoms with Gasteiger partial charge in [0, 0.05) is 19.4 Å². The summed E-state index contributed by atoms with van der Waals surface area (Å²) in [6, 6.07) is 3.60. The van der Waals surface area contributed by atoms with Crippen LogP contribution < -0.4 is 5.32 Å². The van der Waals surface area contributed by atoms with E-state index >= 15 is 0 Å². The summed E-state index contributed by atoms with van der Waals surface area (Å²) in [4.78, 5) is 26.1. The summed E-state index contributed by atoms with van der Waals surface area (Å²) in [7, 11) is 0. The molecular formula is C16H20N4O3S. The van der Waals surface area contributed by atoms with Crippen molar-refractivity contribution in [3.05, 3.63) is 29.2 Å². The number of amides is 2. The number of likely N-dealkylation sites (tertiary alicyclic amines) is 1. The largest absolute Gasteiger partial charge is 0.467 e. The van der Waals surface area contributed by atoms with E-state index in [1.165, 1.54) is 11.3 Å². The Morgan fingerprint density at radius 3 is 3.04 bits per heavy atom. The van der Waals surface area contributed by atoms with Gasteiger partial charge in [-0.3, -0.25) is 9.59 Å². The van der Waals surface area contributed by atoms with E-state index in [-0.39, 0.29) is 24.2 Å². The van der Waals surface area contributed by atoms with Gasteiger partial charge in [-0.15, -0.1) is 10.2 Å². The molecule has 0 spiro atoms. The van der Waals surface area contributed by atoms with Gasteiger partial charge in [0.15, 0.2) is 0 Å². The summed E-state index contributed by atoms with van der Waals surface area (Å²) in [5.74, 6) is 0.614. The monoisotopic (exact) mass is 348 g/mol. The lowest BCUT2D eigenvalue weighted by Gasteiger charge is -2.14. The molecule has 0 aromatic carbocycles. The van der Waals surface area contributed by atoms with E-state index in [4.69, 9.17) is 4.42 Å². The Morgan fingerprint density at radius 2 is 2.33 bits per heavy atom. The summed E-state index contributed by atoms with van der Waals surface area (Å²) in [6.45, 7) is 5.00. The first-order valence-electron chi connectivity index (χ1n) is 7.94. The fourth-order valence-corrected chi connectivity index (χ4v) is 3.59. The lowest BCUT2D eigenvalue weighted by molar-refractivity contribution is -0.128. The molecular weight excluding hydrogens is 328 g/mol. The minimum atomic E-state index is -0.370. The molecule has 0 saturated carbocycles. The zero-order valence-electron chi connectivity index (χ0n) is 13.7. The van der Waals surface area contributed by atoms with Crippen LogP contribution in [0.3, 0.4) is 0 Å². The van der Waals surface area contributed by atoms with Gasteiger partial charge in [-0.1, -0.05) is 25.2 Å². The van der Waals surface area contributed by atoms with Crippen molar-refractivity contribution in [2.24, 2.45) is 11.8 Å². The Morgan fingerprint density at radius 1 is 1.50 bits per heavy atom. The number of carbonyl (C=O) groups is 2. The van der Waals surface area contributed by atoms with Crippen molar-refractivity contribution in [3.63, 3.8) is 0 Å². The van der Waals surface area contributed by atoms with E-state index in [1.54, 1.807) is 17.2 Å². The molecule has 24 heavy (non-hydrogen) atoms. The number of anilines is 1. The summed E-state index contributed by atoms with van der Waals surface area (Å²) >= 11 is 1.39. The SMILES string of the molecule is CC(C)Cc1nnc(NC(=O)[C@@H]2CC(=O)N(Cc3ccco3)C2)s1. The van der Waals surface area contributed by atoms with Crippen LogP contribution in [0.2, 0.25) is 0 Å².